The number of nitrogens with zero attached hydrogens (tertiary/aromatic N) is 3. The Hall–Kier alpha value is -2.39. The molecule has 0 spiro atoms. The van der Waals surface area contributed by atoms with E-state index in [1.54, 1.807) is 24.0 Å². The zero-order valence-corrected chi connectivity index (χ0v) is 14.3. The van der Waals surface area contributed by atoms with Gasteiger partial charge in [0.1, 0.15) is 0 Å². The second-order valence-corrected chi connectivity index (χ2v) is 6.05. The van der Waals surface area contributed by atoms with Crippen LogP contribution in [0.15, 0.2) is 24.3 Å². The Balaban J connectivity index is 1.72. The molecule has 0 radical (unpaired) electrons. The smallest absolute Gasteiger partial charge is 0.223 e. The van der Waals surface area contributed by atoms with Gasteiger partial charge < -0.3 is 15.1 Å². The van der Waals surface area contributed by atoms with Crippen molar-refractivity contribution >= 4 is 11.8 Å². The van der Waals surface area contributed by atoms with E-state index in [2.05, 4.69) is 11.4 Å². The largest absolute Gasteiger partial charge is 0.339 e. The molecular formula is C18H24N4O2. The number of carbonyl (C=O) groups excluding carboxylic acids is 2. The molecule has 0 unspecified atom stereocenters. The first-order valence-electron chi connectivity index (χ1n) is 8.28. The van der Waals surface area contributed by atoms with Crippen molar-refractivity contribution in [3.8, 4) is 6.07 Å². The molecule has 2 rings (SSSR count). The molecule has 6 nitrogen and oxygen atoms in total. The molecule has 1 heterocycles. The monoisotopic (exact) mass is 328 g/mol. The van der Waals surface area contributed by atoms with Crippen molar-refractivity contribution < 1.29 is 9.59 Å². The fourth-order valence-electron chi connectivity index (χ4n) is 2.79. The van der Waals surface area contributed by atoms with Gasteiger partial charge in [0.25, 0.3) is 0 Å². The number of piperazine rings is 1. The summed E-state index contributed by atoms with van der Waals surface area (Å²) in [5.74, 6) is 0.192. The van der Waals surface area contributed by atoms with Gasteiger partial charge in [-0.2, -0.15) is 5.26 Å². The van der Waals surface area contributed by atoms with Gasteiger partial charge in [-0.3, -0.25) is 9.59 Å². The molecule has 128 valence electrons. The standard InChI is InChI=1S/C18H24N4O2/c1-14(17-5-3-16(13-19)4-6-17)20-8-7-18(24)22-11-9-21(10-12-22)15(2)23/h3-6,14,20H,7-12H2,1-2H3/t14-/m0/s1. The number of nitriles is 1. The van der Waals surface area contributed by atoms with Crippen LogP contribution in [0.4, 0.5) is 0 Å². The predicted octanol–water partition coefficient (Wildman–Crippen LogP) is 1.29. The molecule has 1 aromatic carbocycles. The molecule has 1 fully saturated rings. The summed E-state index contributed by atoms with van der Waals surface area (Å²) in [6.07, 6.45) is 0.445. The zero-order chi connectivity index (χ0) is 17.5. The third-order valence-corrected chi connectivity index (χ3v) is 4.41. The minimum absolute atomic E-state index is 0.0695. The van der Waals surface area contributed by atoms with E-state index < -0.39 is 0 Å². The van der Waals surface area contributed by atoms with Gasteiger partial charge in [-0.25, -0.2) is 0 Å². The van der Waals surface area contributed by atoms with Gasteiger partial charge in [-0.05, 0) is 24.6 Å². The minimum atomic E-state index is 0.0695. The summed E-state index contributed by atoms with van der Waals surface area (Å²) in [6.45, 7) is 6.68. The number of nitrogens with one attached hydrogen (secondary N) is 1. The maximum absolute atomic E-state index is 12.2. The first-order valence-corrected chi connectivity index (χ1v) is 8.28. The highest BCUT2D eigenvalue weighted by Gasteiger charge is 2.21. The Labute approximate surface area is 143 Å². The lowest BCUT2D eigenvalue weighted by Gasteiger charge is -2.34. The van der Waals surface area contributed by atoms with E-state index in [0.717, 1.165) is 5.56 Å². The molecule has 1 saturated heterocycles. The summed E-state index contributed by atoms with van der Waals surface area (Å²) in [5, 5.41) is 12.1. The first kappa shape index (κ1) is 18.0. The fourth-order valence-corrected chi connectivity index (χ4v) is 2.79. The minimum Gasteiger partial charge on any atom is -0.339 e. The molecule has 1 atom stereocenters. The van der Waals surface area contributed by atoms with E-state index in [-0.39, 0.29) is 17.9 Å². The maximum Gasteiger partial charge on any atom is 0.223 e. The molecule has 0 aromatic heterocycles. The van der Waals surface area contributed by atoms with Crippen LogP contribution in [0.2, 0.25) is 0 Å². The Morgan fingerprint density at radius 3 is 2.29 bits per heavy atom. The summed E-state index contributed by atoms with van der Waals surface area (Å²) >= 11 is 0. The van der Waals surface area contributed by atoms with Crippen molar-refractivity contribution in [1.29, 1.82) is 5.26 Å². The normalized spacial score (nSPS) is 15.7. The van der Waals surface area contributed by atoms with Crippen molar-refractivity contribution in [3.05, 3.63) is 35.4 Å². The fraction of sp³-hybridized carbons (Fsp3) is 0.500. The van der Waals surface area contributed by atoms with Gasteiger partial charge in [0.15, 0.2) is 0 Å². The lowest BCUT2D eigenvalue weighted by molar-refractivity contribution is -0.138. The number of benzene rings is 1. The van der Waals surface area contributed by atoms with Crippen molar-refractivity contribution in [2.45, 2.75) is 26.3 Å². The van der Waals surface area contributed by atoms with Crippen LogP contribution in [0.5, 0.6) is 0 Å². The number of amides is 2. The maximum atomic E-state index is 12.2. The van der Waals surface area contributed by atoms with Crippen LogP contribution < -0.4 is 5.32 Å². The van der Waals surface area contributed by atoms with E-state index in [1.165, 1.54) is 0 Å². The lowest BCUT2D eigenvalue weighted by atomic mass is 10.1. The summed E-state index contributed by atoms with van der Waals surface area (Å²) in [7, 11) is 0. The number of hydrogen-bond acceptors (Lipinski definition) is 4. The second kappa shape index (κ2) is 8.46. The van der Waals surface area contributed by atoms with Crippen LogP contribution in [0, 0.1) is 11.3 Å². The van der Waals surface area contributed by atoms with Gasteiger partial charge in [0.2, 0.25) is 11.8 Å². The lowest BCUT2D eigenvalue weighted by Crippen LogP contribution is -2.50. The van der Waals surface area contributed by atoms with E-state index in [0.29, 0.717) is 44.7 Å². The first-order chi connectivity index (χ1) is 11.5. The Bertz CT molecular complexity index is 613. The Morgan fingerprint density at radius 1 is 1.17 bits per heavy atom. The molecule has 0 saturated carbocycles. The van der Waals surface area contributed by atoms with E-state index in [1.807, 2.05) is 24.0 Å². The summed E-state index contributed by atoms with van der Waals surface area (Å²) in [4.78, 5) is 27.1. The van der Waals surface area contributed by atoms with Crippen LogP contribution in [-0.4, -0.2) is 54.3 Å². The average Bonchev–Trinajstić information content (AvgIpc) is 2.61. The van der Waals surface area contributed by atoms with Crippen molar-refractivity contribution in [2.24, 2.45) is 0 Å². The van der Waals surface area contributed by atoms with Crippen molar-refractivity contribution in [1.82, 2.24) is 15.1 Å². The van der Waals surface area contributed by atoms with E-state index >= 15 is 0 Å². The molecule has 1 N–H and O–H groups in total. The van der Waals surface area contributed by atoms with Crippen LogP contribution in [0.25, 0.3) is 0 Å². The van der Waals surface area contributed by atoms with Gasteiger partial charge in [-0.1, -0.05) is 12.1 Å². The average molecular weight is 328 g/mol. The van der Waals surface area contributed by atoms with Crippen molar-refractivity contribution in [3.63, 3.8) is 0 Å². The second-order valence-electron chi connectivity index (χ2n) is 6.05. The van der Waals surface area contributed by atoms with Gasteiger partial charge in [0, 0.05) is 52.1 Å². The molecule has 0 bridgehead atoms. The van der Waals surface area contributed by atoms with E-state index in [4.69, 9.17) is 5.26 Å². The number of rotatable bonds is 5. The summed E-state index contributed by atoms with van der Waals surface area (Å²) < 4.78 is 0. The van der Waals surface area contributed by atoms with E-state index in [9.17, 15) is 9.59 Å². The highest BCUT2D eigenvalue weighted by Crippen LogP contribution is 2.13. The molecule has 24 heavy (non-hydrogen) atoms. The zero-order valence-electron chi connectivity index (χ0n) is 14.3. The highest BCUT2D eigenvalue weighted by atomic mass is 16.2. The van der Waals surface area contributed by atoms with Crippen LogP contribution in [-0.2, 0) is 9.59 Å². The van der Waals surface area contributed by atoms with Gasteiger partial charge in [-0.15, -0.1) is 0 Å². The topological polar surface area (TPSA) is 76.4 Å². The van der Waals surface area contributed by atoms with Crippen LogP contribution in [0.1, 0.15) is 37.4 Å². The molecule has 1 aliphatic heterocycles. The number of carbonyl (C=O) groups is 2. The summed E-state index contributed by atoms with van der Waals surface area (Å²) in [5.41, 5.74) is 1.74. The summed E-state index contributed by atoms with van der Waals surface area (Å²) in [6, 6.07) is 9.68. The van der Waals surface area contributed by atoms with Crippen LogP contribution in [0.3, 0.4) is 0 Å². The molecule has 1 aromatic rings. The third-order valence-electron chi connectivity index (χ3n) is 4.41. The Kier molecular flexibility index (Phi) is 6.33. The molecule has 1 aliphatic rings. The Morgan fingerprint density at radius 2 is 1.75 bits per heavy atom. The third kappa shape index (κ3) is 4.80. The molecule has 2 amide bonds. The van der Waals surface area contributed by atoms with Gasteiger partial charge in [0.05, 0.1) is 11.6 Å². The predicted molar refractivity (Wildman–Crippen MR) is 91.0 cm³/mol. The van der Waals surface area contributed by atoms with Gasteiger partial charge >= 0.3 is 0 Å². The SMILES string of the molecule is CC(=O)N1CCN(C(=O)CCN[C@@H](C)c2ccc(C#N)cc2)CC1. The quantitative estimate of drug-likeness (QED) is 0.883. The van der Waals surface area contributed by atoms with Crippen molar-refractivity contribution in [2.75, 3.05) is 32.7 Å². The molecule has 6 heteroatoms. The highest BCUT2D eigenvalue weighted by molar-refractivity contribution is 5.77. The molecular weight excluding hydrogens is 304 g/mol. The number of hydrogen-bond donors (Lipinski definition) is 1. The molecule has 0 aliphatic carbocycles. The van der Waals surface area contributed by atoms with Crippen LogP contribution >= 0.6 is 0 Å².